The number of anilines is 1. The molecule has 2 aromatic rings. The van der Waals surface area contributed by atoms with Gasteiger partial charge in [-0.1, -0.05) is 26.0 Å². The maximum Gasteiger partial charge on any atom is 0.227 e. The molecule has 1 aromatic heterocycles. The summed E-state index contributed by atoms with van der Waals surface area (Å²) < 4.78 is 1.69. The average Bonchev–Trinajstić information content (AvgIpc) is 2.92. The molecule has 20 heavy (non-hydrogen) atoms. The molecule has 1 atom stereocenters. The van der Waals surface area contributed by atoms with Crippen LogP contribution in [0.25, 0.3) is 5.69 Å². The van der Waals surface area contributed by atoms with E-state index in [9.17, 15) is 9.90 Å². The number of nitrogens with one attached hydrogen (secondary N) is 1. The van der Waals surface area contributed by atoms with Crippen molar-refractivity contribution < 1.29 is 9.90 Å². The summed E-state index contributed by atoms with van der Waals surface area (Å²) in [5, 5.41) is 16.7. The summed E-state index contributed by atoms with van der Waals surface area (Å²) in [6.07, 6.45) is 2.95. The number of rotatable bonds is 5. The molecule has 0 aliphatic rings. The minimum atomic E-state index is -0.633. The Morgan fingerprint density at radius 3 is 2.75 bits per heavy atom. The molecule has 2 N–H and O–H groups in total. The molecule has 1 unspecified atom stereocenters. The van der Waals surface area contributed by atoms with Crippen LogP contribution >= 0.6 is 0 Å². The lowest BCUT2D eigenvalue weighted by Crippen LogP contribution is -2.24. The standard InChI is InChI=1S/C15H19N3O2/c1-11(2)14(19)10-15(20)17-12-6-3-4-7-13(12)18-9-5-8-16-18/h3-9,11,14,19H,10H2,1-2H3,(H,17,20). The minimum Gasteiger partial charge on any atom is -0.392 e. The van der Waals surface area contributed by atoms with Crippen molar-refractivity contribution in [2.45, 2.75) is 26.4 Å². The summed E-state index contributed by atoms with van der Waals surface area (Å²) >= 11 is 0. The Hall–Kier alpha value is -2.14. The lowest BCUT2D eigenvalue weighted by molar-refractivity contribution is -0.118. The maximum atomic E-state index is 11.9. The molecule has 0 radical (unpaired) electrons. The molecule has 0 saturated carbocycles. The molecule has 5 heteroatoms. The molecule has 106 valence electrons. The maximum absolute atomic E-state index is 11.9. The molecule has 1 aromatic carbocycles. The van der Waals surface area contributed by atoms with Crippen molar-refractivity contribution >= 4 is 11.6 Å². The van der Waals surface area contributed by atoms with E-state index in [0.29, 0.717) is 5.69 Å². The van der Waals surface area contributed by atoms with Gasteiger partial charge < -0.3 is 10.4 Å². The van der Waals surface area contributed by atoms with Crippen molar-refractivity contribution in [3.8, 4) is 5.69 Å². The van der Waals surface area contributed by atoms with Crippen LogP contribution in [0, 0.1) is 5.92 Å². The topological polar surface area (TPSA) is 67.2 Å². The number of nitrogens with zero attached hydrogens (tertiary/aromatic N) is 2. The summed E-state index contributed by atoms with van der Waals surface area (Å²) in [5.74, 6) is -0.145. The first kappa shape index (κ1) is 14.3. The van der Waals surface area contributed by atoms with Gasteiger partial charge in [0.25, 0.3) is 0 Å². The summed E-state index contributed by atoms with van der Waals surface area (Å²) in [7, 11) is 0. The van der Waals surface area contributed by atoms with Crippen LogP contribution in [0.3, 0.4) is 0 Å². The van der Waals surface area contributed by atoms with E-state index < -0.39 is 6.10 Å². The van der Waals surface area contributed by atoms with Crippen LogP contribution in [0.1, 0.15) is 20.3 Å². The fraction of sp³-hybridized carbons (Fsp3) is 0.333. The molecule has 2 rings (SSSR count). The van der Waals surface area contributed by atoms with E-state index in [4.69, 9.17) is 0 Å². The van der Waals surface area contributed by atoms with Gasteiger partial charge in [-0.15, -0.1) is 0 Å². The predicted molar refractivity (Wildman–Crippen MR) is 77.7 cm³/mol. The molecule has 1 heterocycles. The van der Waals surface area contributed by atoms with E-state index in [0.717, 1.165) is 5.69 Å². The van der Waals surface area contributed by atoms with E-state index in [2.05, 4.69) is 10.4 Å². The van der Waals surface area contributed by atoms with Gasteiger partial charge in [-0.05, 0) is 24.1 Å². The largest absolute Gasteiger partial charge is 0.392 e. The Morgan fingerprint density at radius 2 is 2.10 bits per heavy atom. The van der Waals surface area contributed by atoms with Crippen molar-refractivity contribution in [3.05, 3.63) is 42.7 Å². The van der Waals surface area contributed by atoms with Crippen molar-refractivity contribution in [3.63, 3.8) is 0 Å². The van der Waals surface area contributed by atoms with Crippen LogP contribution in [0.2, 0.25) is 0 Å². The molecule has 5 nitrogen and oxygen atoms in total. The summed E-state index contributed by atoms with van der Waals surface area (Å²) in [6, 6.07) is 9.25. The third-order valence-corrected chi connectivity index (χ3v) is 3.09. The number of hydrogen-bond acceptors (Lipinski definition) is 3. The van der Waals surface area contributed by atoms with Gasteiger partial charge in [-0.3, -0.25) is 4.79 Å². The molecule has 0 aliphatic carbocycles. The SMILES string of the molecule is CC(C)C(O)CC(=O)Nc1ccccc1-n1cccn1. The number of amides is 1. The number of carbonyl (C=O) groups is 1. The number of aliphatic hydroxyl groups excluding tert-OH is 1. The molecular formula is C15H19N3O2. The molecule has 1 amide bonds. The van der Waals surface area contributed by atoms with Gasteiger partial charge in [0.2, 0.25) is 5.91 Å². The highest BCUT2D eigenvalue weighted by molar-refractivity contribution is 5.93. The van der Waals surface area contributed by atoms with E-state index in [1.807, 2.05) is 50.4 Å². The normalized spacial score (nSPS) is 12.4. The van der Waals surface area contributed by atoms with E-state index in [-0.39, 0.29) is 18.2 Å². The zero-order chi connectivity index (χ0) is 14.5. The number of hydrogen-bond donors (Lipinski definition) is 2. The first-order valence-corrected chi connectivity index (χ1v) is 6.65. The lowest BCUT2D eigenvalue weighted by atomic mass is 10.0. The fourth-order valence-electron chi connectivity index (χ4n) is 1.82. The second-order valence-corrected chi connectivity index (χ2v) is 5.03. The quantitative estimate of drug-likeness (QED) is 0.877. The van der Waals surface area contributed by atoms with Crippen molar-refractivity contribution in [1.29, 1.82) is 0 Å². The van der Waals surface area contributed by atoms with Gasteiger partial charge in [-0.2, -0.15) is 5.10 Å². The van der Waals surface area contributed by atoms with Crippen LogP contribution < -0.4 is 5.32 Å². The van der Waals surface area contributed by atoms with Crippen LogP contribution in [0.15, 0.2) is 42.7 Å². The van der Waals surface area contributed by atoms with Crippen molar-refractivity contribution in [1.82, 2.24) is 9.78 Å². The van der Waals surface area contributed by atoms with Crippen LogP contribution in [0.5, 0.6) is 0 Å². The first-order valence-electron chi connectivity index (χ1n) is 6.65. The van der Waals surface area contributed by atoms with Crippen LogP contribution in [-0.4, -0.2) is 26.9 Å². The number of carbonyl (C=O) groups excluding carboxylic acids is 1. The summed E-state index contributed by atoms with van der Waals surface area (Å²) in [4.78, 5) is 11.9. The Bertz CT molecular complexity index is 564. The predicted octanol–water partition coefficient (Wildman–Crippen LogP) is 2.22. The zero-order valence-electron chi connectivity index (χ0n) is 11.7. The Labute approximate surface area is 118 Å². The highest BCUT2D eigenvalue weighted by atomic mass is 16.3. The van der Waals surface area contributed by atoms with Crippen molar-refractivity contribution in [2.24, 2.45) is 5.92 Å². The van der Waals surface area contributed by atoms with Gasteiger partial charge in [0.15, 0.2) is 0 Å². The van der Waals surface area contributed by atoms with Crippen LogP contribution in [-0.2, 0) is 4.79 Å². The van der Waals surface area contributed by atoms with Gasteiger partial charge in [0.05, 0.1) is 23.9 Å². The molecular weight excluding hydrogens is 254 g/mol. The zero-order valence-corrected chi connectivity index (χ0v) is 11.7. The lowest BCUT2D eigenvalue weighted by Gasteiger charge is -2.15. The van der Waals surface area contributed by atoms with Gasteiger partial charge >= 0.3 is 0 Å². The highest BCUT2D eigenvalue weighted by Gasteiger charge is 2.15. The third kappa shape index (κ3) is 3.45. The van der Waals surface area contributed by atoms with E-state index in [1.165, 1.54) is 0 Å². The third-order valence-electron chi connectivity index (χ3n) is 3.09. The monoisotopic (exact) mass is 273 g/mol. The Kier molecular flexibility index (Phi) is 4.53. The Morgan fingerprint density at radius 1 is 1.35 bits per heavy atom. The second-order valence-electron chi connectivity index (χ2n) is 5.03. The number of para-hydroxylation sites is 2. The smallest absolute Gasteiger partial charge is 0.227 e. The molecule has 0 spiro atoms. The molecule has 0 aliphatic heterocycles. The number of aromatic nitrogens is 2. The molecule has 0 bridgehead atoms. The van der Waals surface area contributed by atoms with Gasteiger partial charge in [0.1, 0.15) is 0 Å². The minimum absolute atomic E-state index is 0.0575. The average molecular weight is 273 g/mol. The Balaban J connectivity index is 2.12. The number of benzene rings is 1. The fourth-order valence-corrected chi connectivity index (χ4v) is 1.82. The van der Waals surface area contributed by atoms with E-state index in [1.54, 1.807) is 10.9 Å². The van der Waals surface area contributed by atoms with Gasteiger partial charge in [-0.25, -0.2) is 4.68 Å². The molecule has 0 fully saturated rings. The summed E-state index contributed by atoms with van der Waals surface area (Å²) in [6.45, 7) is 3.77. The van der Waals surface area contributed by atoms with E-state index >= 15 is 0 Å². The first-order chi connectivity index (χ1) is 9.58. The second kappa shape index (κ2) is 6.34. The van der Waals surface area contributed by atoms with Crippen molar-refractivity contribution in [2.75, 3.05) is 5.32 Å². The highest BCUT2D eigenvalue weighted by Crippen LogP contribution is 2.19. The van der Waals surface area contributed by atoms with Gasteiger partial charge in [0, 0.05) is 12.4 Å². The summed E-state index contributed by atoms with van der Waals surface area (Å²) in [5.41, 5.74) is 1.47. The molecule has 0 saturated heterocycles. The van der Waals surface area contributed by atoms with Crippen LogP contribution in [0.4, 0.5) is 5.69 Å². The number of aliphatic hydroxyl groups is 1.